The van der Waals surface area contributed by atoms with E-state index >= 15 is 0 Å². The minimum absolute atomic E-state index is 0.0409. The van der Waals surface area contributed by atoms with Gasteiger partial charge in [-0.3, -0.25) is 4.79 Å². The van der Waals surface area contributed by atoms with Gasteiger partial charge in [0, 0.05) is 24.9 Å². The summed E-state index contributed by atoms with van der Waals surface area (Å²) in [7, 11) is 0. The number of carbonyl (C=O) groups excluding carboxylic acids is 1. The lowest BCUT2D eigenvalue weighted by molar-refractivity contribution is -0.151. The smallest absolute Gasteiger partial charge is 0.306 e. The van der Waals surface area contributed by atoms with Crippen molar-refractivity contribution < 1.29 is 9.53 Å². The Labute approximate surface area is 234 Å². The molecule has 0 amide bonds. The Kier molecular flexibility index (Phi) is 9.62. The van der Waals surface area contributed by atoms with Gasteiger partial charge >= 0.3 is 5.97 Å². The second-order valence-corrected chi connectivity index (χ2v) is 14.4. The second kappa shape index (κ2) is 12.4. The van der Waals surface area contributed by atoms with Gasteiger partial charge in [0.15, 0.2) is 0 Å². The maximum absolute atomic E-state index is 12.6. The Morgan fingerprint density at radius 1 is 1.11 bits per heavy atom. The van der Waals surface area contributed by atoms with Gasteiger partial charge in [0.05, 0.1) is 6.42 Å². The van der Waals surface area contributed by atoms with Gasteiger partial charge in [0.1, 0.15) is 6.10 Å². The van der Waals surface area contributed by atoms with Crippen LogP contribution in [0.15, 0.2) is 23.5 Å². The van der Waals surface area contributed by atoms with E-state index in [0.717, 1.165) is 60.6 Å². The lowest BCUT2D eigenvalue weighted by Crippen LogP contribution is -2.51. The summed E-state index contributed by atoms with van der Waals surface area (Å²) in [4.78, 5) is 12.6. The SMILES string of the molecule is CCN/C(=C\N)CCC(=O)OC1CC[C@@]2(C)C(=CCC3[C@@H]4CC[C@H]([C@H](C)CCCC(C)C)[C@@]4(C)CC[C@@H]32)C1. The normalized spacial score (nSPS) is 37.6. The zero-order valence-electron chi connectivity index (χ0n) is 25.5. The van der Waals surface area contributed by atoms with Crippen LogP contribution in [0, 0.1) is 46.3 Å². The van der Waals surface area contributed by atoms with Crippen LogP contribution in [0.3, 0.4) is 0 Å². The third-order valence-corrected chi connectivity index (χ3v) is 11.8. The first-order valence-electron chi connectivity index (χ1n) is 16.2. The van der Waals surface area contributed by atoms with E-state index in [1.165, 1.54) is 57.8 Å². The molecule has 4 nitrogen and oxygen atoms in total. The van der Waals surface area contributed by atoms with Crippen LogP contribution in [0.1, 0.15) is 125 Å². The molecule has 38 heavy (non-hydrogen) atoms. The van der Waals surface area contributed by atoms with Crippen molar-refractivity contribution in [2.75, 3.05) is 6.54 Å². The highest BCUT2D eigenvalue weighted by atomic mass is 16.5. The Morgan fingerprint density at radius 2 is 1.89 bits per heavy atom. The molecule has 0 aromatic heterocycles. The number of ether oxygens (including phenoxy) is 1. The maximum atomic E-state index is 12.6. The maximum Gasteiger partial charge on any atom is 0.306 e. The van der Waals surface area contributed by atoms with Gasteiger partial charge in [-0.2, -0.15) is 0 Å². The fourth-order valence-electron chi connectivity index (χ4n) is 9.69. The van der Waals surface area contributed by atoms with Gasteiger partial charge in [-0.25, -0.2) is 0 Å². The number of carbonyl (C=O) groups is 1. The molecule has 0 aromatic carbocycles. The van der Waals surface area contributed by atoms with Crippen LogP contribution >= 0.6 is 0 Å². The highest BCUT2D eigenvalue weighted by Gasteiger charge is 2.59. The van der Waals surface area contributed by atoms with Crippen molar-refractivity contribution in [3.8, 4) is 0 Å². The molecule has 4 aliphatic rings. The molecular formula is C34H58N2O2. The molecule has 0 aliphatic heterocycles. The second-order valence-electron chi connectivity index (χ2n) is 14.4. The monoisotopic (exact) mass is 526 g/mol. The van der Waals surface area contributed by atoms with Crippen molar-refractivity contribution in [1.82, 2.24) is 5.32 Å². The molecule has 0 bridgehead atoms. The minimum Gasteiger partial charge on any atom is -0.462 e. The molecule has 0 spiro atoms. The molecule has 4 heteroatoms. The number of nitrogens with one attached hydrogen (secondary N) is 1. The van der Waals surface area contributed by atoms with E-state index in [1.54, 1.807) is 11.8 Å². The molecule has 4 rings (SSSR count). The van der Waals surface area contributed by atoms with E-state index in [0.29, 0.717) is 23.7 Å². The van der Waals surface area contributed by atoms with Crippen molar-refractivity contribution in [3.05, 3.63) is 23.5 Å². The van der Waals surface area contributed by atoms with Crippen LogP contribution in [0.2, 0.25) is 0 Å². The van der Waals surface area contributed by atoms with Crippen LogP contribution in [-0.2, 0) is 9.53 Å². The van der Waals surface area contributed by atoms with Gasteiger partial charge in [-0.15, -0.1) is 0 Å². The average molecular weight is 527 g/mol. The highest BCUT2D eigenvalue weighted by molar-refractivity contribution is 5.70. The molecule has 4 aliphatic carbocycles. The third-order valence-electron chi connectivity index (χ3n) is 11.8. The molecule has 216 valence electrons. The number of fused-ring (bicyclic) bond motifs is 5. The molecule has 2 unspecified atom stereocenters. The van der Waals surface area contributed by atoms with Gasteiger partial charge in [-0.1, -0.05) is 65.5 Å². The lowest BCUT2D eigenvalue weighted by Gasteiger charge is -2.58. The fraction of sp³-hybridized carbons (Fsp3) is 0.853. The van der Waals surface area contributed by atoms with E-state index in [-0.39, 0.29) is 12.1 Å². The van der Waals surface area contributed by atoms with Crippen molar-refractivity contribution >= 4 is 5.97 Å². The zero-order valence-corrected chi connectivity index (χ0v) is 25.5. The van der Waals surface area contributed by atoms with Crippen LogP contribution < -0.4 is 11.1 Å². The Bertz CT molecular complexity index is 878. The zero-order chi connectivity index (χ0) is 27.5. The molecule has 0 radical (unpaired) electrons. The molecule has 3 saturated carbocycles. The number of esters is 1. The van der Waals surface area contributed by atoms with Crippen molar-refractivity contribution in [2.24, 2.45) is 52.1 Å². The van der Waals surface area contributed by atoms with E-state index in [2.05, 4.69) is 46.0 Å². The first-order valence-corrected chi connectivity index (χ1v) is 16.2. The molecule has 0 saturated heterocycles. The van der Waals surface area contributed by atoms with Gasteiger partial charge in [0.2, 0.25) is 0 Å². The predicted molar refractivity (Wildman–Crippen MR) is 158 cm³/mol. The quantitative estimate of drug-likeness (QED) is 0.211. The topological polar surface area (TPSA) is 64.3 Å². The van der Waals surface area contributed by atoms with Crippen molar-refractivity contribution in [3.63, 3.8) is 0 Å². The number of rotatable bonds is 11. The van der Waals surface area contributed by atoms with Crippen LogP contribution in [0.5, 0.6) is 0 Å². The number of allylic oxidation sites excluding steroid dienone is 2. The van der Waals surface area contributed by atoms with E-state index in [9.17, 15) is 4.79 Å². The summed E-state index contributed by atoms with van der Waals surface area (Å²) in [6, 6.07) is 0. The first kappa shape index (κ1) is 29.5. The molecule has 3 N–H and O–H groups in total. The fourth-order valence-corrected chi connectivity index (χ4v) is 9.69. The Balaban J connectivity index is 1.36. The van der Waals surface area contributed by atoms with Crippen LogP contribution in [0.4, 0.5) is 0 Å². The van der Waals surface area contributed by atoms with E-state index < -0.39 is 0 Å². The van der Waals surface area contributed by atoms with Gasteiger partial charge in [-0.05, 0) is 105 Å². The minimum atomic E-state index is -0.0851. The summed E-state index contributed by atoms with van der Waals surface area (Å²) < 4.78 is 5.99. The standard InChI is InChI=1S/C34H58N2O2/c1-7-36-26(22-35)12-16-32(37)38-27-17-19-33(5)25(21-27)11-13-28-30-15-14-29(24(4)10-8-9-23(2)3)34(30,6)20-18-31(28)33/h11,22-24,27-31,36H,7-10,12-21,35H2,1-6H3/b26-22-/t24-,27?,28?,29-,30+,31+,33+,34-/m1/s1. The van der Waals surface area contributed by atoms with Crippen LogP contribution in [0.25, 0.3) is 0 Å². The van der Waals surface area contributed by atoms with Gasteiger partial charge < -0.3 is 15.8 Å². The van der Waals surface area contributed by atoms with Crippen molar-refractivity contribution in [1.29, 1.82) is 0 Å². The summed E-state index contributed by atoms with van der Waals surface area (Å²) in [6.45, 7) is 15.4. The summed E-state index contributed by atoms with van der Waals surface area (Å²) in [5.74, 6) is 5.08. The average Bonchev–Trinajstić information content (AvgIpc) is 3.23. The van der Waals surface area contributed by atoms with Crippen molar-refractivity contribution in [2.45, 2.75) is 131 Å². The largest absolute Gasteiger partial charge is 0.462 e. The summed E-state index contributed by atoms with van der Waals surface area (Å²) in [5, 5.41) is 3.22. The summed E-state index contributed by atoms with van der Waals surface area (Å²) >= 11 is 0. The molecule has 0 aromatic rings. The van der Waals surface area contributed by atoms with E-state index in [4.69, 9.17) is 10.5 Å². The number of nitrogens with two attached hydrogens (primary N) is 1. The lowest BCUT2D eigenvalue weighted by atomic mass is 9.47. The molecular weight excluding hydrogens is 468 g/mol. The third kappa shape index (κ3) is 5.99. The number of hydrogen-bond acceptors (Lipinski definition) is 4. The molecule has 0 heterocycles. The predicted octanol–water partition coefficient (Wildman–Crippen LogP) is 8.13. The molecule has 8 atom stereocenters. The summed E-state index contributed by atoms with van der Waals surface area (Å²) in [5.41, 5.74) is 9.03. The first-order chi connectivity index (χ1) is 18.1. The highest BCUT2D eigenvalue weighted by Crippen LogP contribution is 2.67. The van der Waals surface area contributed by atoms with Gasteiger partial charge in [0.25, 0.3) is 0 Å². The molecule has 3 fully saturated rings. The number of hydrogen-bond donors (Lipinski definition) is 2. The van der Waals surface area contributed by atoms with Crippen LogP contribution in [-0.4, -0.2) is 18.6 Å². The Hall–Kier alpha value is -1.45. The Morgan fingerprint density at radius 3 is 2.61 bits per heavy atom. The summed E-state index contributed by atoms with van der Waals surface area (Å²) in [6.07, 6.45) is 19.5. The van der Waals surface area contributed by atoms with E-state index in [1.807, 2.05) is 6.92 Å².